The van der Waals surface area contributed by atoms with Crippen molar-refractivity contribution in [3.8, 4) is 0 Å². The van der Waals surface area contributed by atoms with Crippen molar-refractivity contribution < 1.29 is 18.0 Å². The molecule has 1 aliphatic rings. The van der Waals surface area contributed by atoms with Crippen molar-refractivity contribution >= 4 is 50.5 Å². The van der Waals surface area contributed by atoms with Gasteiger partial charge in [0.1, 0.15) is 0 Å². The topological polar surface area (TPSA) is 92.3 Å². The average molecular weight is 365 g/mol. The van der Waals surface area contributed by atoms with Gasteiger partial charge < -0.3 is 10.6 Å². The Bertz CT molecular complexity index is 706. The van der Waals surface area contributed by atoms with Crippen molar-refractivity contribution in [3.05, 3.63) is 28.2 Å². The van der Waals surface area contributed by atoms with Crippen molar-refractivity contribution in [1.29, 1.82) is 0 Å². The van der Waals surface area contributed by atoms with Crippen molar-refractivity contribution in [2.24, 2.45) is 5.92 Å². The summed E-state index contributed by atoms with van der Waals surface area (Å²) >= 11 is 11.7. The van der Waals surface area contributed by atoms with E-state index in [1.165, 1.54) is 6.07 Å². The fraction of sp³-hybridized carbons (Fsp3) is 0.385. The zero-order chi connectivity index (χ0) is 16.3. The Labute approximate surface area is 138 Å². The first-order chi connectivity index (χ1) is 10.3. The van der Waals surface area contributed by atoms with E-state index in [4.69, 9.17) is 23.2 Å². The first kappa shape index (κ1) is 17.1. The molecule has 9 heteroatoms. The Morgan fingerprint density at radius 1 is 1.27 bits per heavy atom. The second kappa shape index (κ2) is 6.85. The maximum Gasteiger partial charge on any atom is 0.243 e. The number of sulfone groups is 1. The van der Waals surface area contributed by atoms with Crippen LogP contribution in [0.15, 0.2) is 18.2 Å². The molecule has 2 amide bonds. The molecule has 0 unspecified atom stereocenters. The molecule has 0 aromatic heterocycles. The number of hydrogen-bond donors (Lipinski definition) is 2. The quantitative estimate of drug-likeness (QED) is 0.846. The molecule has 0 saturated carbocycles. The van der Waals surface area contributed by atoms with E-state index in [2.05, 4.69) is 10.6 Å². The van der Waals surface area contributed by atoms with Crippen LogP contribution < -0.4 is 10.6 Å². The zero-order valence-corrected chi connectivity index (χ0v) is 13.8. The standard InChI is InChI=1S/C13H14Cl2N2O4S/c14-9-1-2-10(15)11(5-9)17-12(18)6-16-13(19)8-3-4-22(20,21)7-8/h1-2,5,8H,3-4,6-7H2,(H,16,19)(H,17,18)/t8-/m0/s1. The van der Waals surface area contributed by atoms with Gasteiger partial charge in [-0.2, -0.15) is 0 Å². The highest BCUT2D eigenvalue weighted by molar-refractivity contribution is 7.91. The lowest BCUT2D eigenvalue weighted by molar-refractivity contribution is -0.126. The predicted molar refractivity (Wildman–Crippen MR) is 84.9 cm³/mol. The summed E-state index contributed by atoms with van der Waals surface area (Å²) in [4.78, 5) is 23.6. The minimum absolute atomic E-state index is 0.00933. The van der Waals surface area contributed by atoms with Crippen LogP contribution in [0.3, 0.4) is 0 Å². The summed E-state index contributed by atoms with van der Waals surface area (Å²) in [6.07, 6.45) is 0.288. The number of halogens is 2. The smallest absolute Gasteiger partial charge is 0.243 e. The van der Waals surface area contributed by atoms with E-state index in [-0.39, 0.29) is 24.5 Å². The van der Waals surface area contributed by atoms with Gasteiger partial charge in [0.15, 0.2) is 9.84 Å². The number of anilines is 1. The molecule has 2 N–H and O–H groups in total. The number of rotatable bonds is 4. The minimum atomic E-state index is -3.13. The van der Waals surface area contributed by atoms with E-state index in [1.807, 2.05) is 0 Å². The van der Waals surface area contributed by atoms with Crippen molar-refractivity contribution in [2.75, 3.05) is 23.4 Å². The van der Waals surface area contributed by atoms with Crippen molar-refractivity contribution in [3.63, 3.8) is 0 Å². The van der Waals surface area contributed by atoms with Gasteiger partial charge in [-0.25, -0.2) is 8.42 Å². The fourth-order valence-electron chi connectivity index (χ4n) is 2.10. The van der Waals surface area contributed by atoms with Crippen LogP contribution in [0.1, 0.15) is 6.42 Å². The largest absolute Gasteiger partial charge is 0.347 e. The van der Waals surface area contributed by atoms with Gasteiger partial charge in [0.25, 0.3) is 0 Å². The normalized spacial score (nSPS) is 19.6. The Hall–Kier alpha value is -1.31. The molecule has 0 bridgehead atoms. The van der Waals surface area contributed by atoms with Crippen molar-refractivity contribution in [1.82, 2.24) is 5.32 Å². The average Bonchev–Trinajstić information content (AvgIpc) is 2.80. The maximum atomic E-state index is 11.8. The highest BCUT2D eigenvalue weighted by Crippen LogP contribution is 2.25. The summed E-state index contributed by atoms with van der Waals surface area (Å²) in [6.45, 7) is -0.266. The molecule has 2 rings (SSSR count). The van der Waals surface area contributed by atoms with Gasteiger partial charge in [-0.15, -0.1) is 0 Å². The van der Waals surface area contributed by atoms with Crippen LogP contribution in [0.5, 0.6) is 0 Å². The van der Waals surface area contributed by atoms with Gasteiger partial charge in [0.2, 0.25) is 11.8 Å². The van der Waals surface area contributed by atoms with Crippen molar-refractivity contribution in [2.45, 2.75) is 6.42 Å². The van der Waals surface area contributed by atoms with Gasteiger partial charge in [-0.3, -0.25) is 9.59 Å². The highest BCUT2D eigenvalue weighted by Gasteiger charge is 2.32. The third-order valence-electron chi connectivity index (χ3n) is 3.23. The summed E-state index contributed by atoms with van der Waals surface area (Å²) in [5.74, 6) is -1.66. The van der Waals surface area contributed by atoms with Crippen LogP contribution in [-0.2, 0) is 19.4 Å². The van der Waals surface area contributed by atoms with Gasteiger partial charge >= 0.3 is 0 Å². The van der Waals surface area contributed by atoms with E-state index >= 15 is 0 Å². The number of amides is 2. The number of carbonyl (C=O) groups is 2. The van der Waals surface area contributed by atoms with Gasteiger partial charge in [-0.05, 0) is 24.6 Å². The molecule has 1 aromatic carbocycles. The first-order valence-corrected chi connectivity index (χ1v) is 9.07. The fourth-order valence-corrected chi connectivity index (χ4v) is 4.18. The molecule has 22 heavy (non-hydrogen) atoms. The van der Waals surface area contributed by atoms with Crippen LogP contribution >= 0.6 is 23.2 Å². The molecule has 120 valence electrons. The monoisotopic (exact) mass is 364 g/mol. The third-order valence-corrected chi connectivity index (χ3v) is 5.56. The first-order valence-electron chi connectivity index (χ1n) is 6.50. The van der Waals surface area contributed by atoms with Gasteiger partial charge in [0.05, 0.1) is 34.7 Å². The maximum absolute atomic E-state index is 11.8. The SMILES string of the molecule is O=C(CNC(=O)[C@H]1CCS(=O)(=O)C1)Nc1cc(Cl)ccc1Cl. The molecule has 0 aliphatic carbocycles. The number of nitrogens with one attached hydrogen (secondary N) is 2. The Morgan fingerprint density at radius 2 is 2.00 bits per heavy atom. The molecule has 1 heterocycles. The van der Waals surface area contributed by atoms with Gasteiger partial charge in [0, 0.05) is 5.02 Å². The second-order valence-electron chi connectivity index (χ2n) is 4.99. The van der Waals surface area contributed by atoms with Crippen LogP contribution in [0.4, 0.5) is 5.69 Å². The Morgan fingerprint density at radius 3 is 2.64 bits per heavy atom. The van der Waals surface area contributed by atoms with Crippen LogP contribution in [-0.4, -0.2) is 38.3 Å². The number of benzene rings is 1. The van der Waals surface area contributed by atoms with E-state index in [9.17, 15) is 18.0 Å². The molecule has 0 radical (unpaired) electrons. The molecule has 1 aliphatic heterocycles. The number of carbonyl (C=O) groups excluding carboxylic acids is 2. The molecule has 0 spiro atoms. The summed E-state index contributed by atoms with van der Waals surface area (Å²) < 4.78 is 22.6. The summed E-state index contributed by atoms with van der Waals surface area (Å²) in [6, 6.07) is 4.62. The minimum Gasteiger partial charge on any atom is -0.347 e. The lowest BCUT2D eigenvalue weighted by Crippen LogP contribution is -2.37. The summed E-state index contributed by atoms with van der Waals surface area (Å²) in [5, 5.41) is 5.69. The number of hydrogen-bond acceptors (Lipinski definition) is 4. The molecule has 6 nitrogen and oxygen atoms in total. The predicted octanol–water partition coefficient (Wildman–Crippen LogP) is 1.48. The Balaban J connectivity index is 1.85. The second-order valence-corrected chi connectivity index (χ2v) is 8.06. The van der Waals surface area contributed by atoms with E-state index < -0.39 is 27.6 Å². The molecule has 1 aromatic rings. The summed E-state index contributed by atoms with van der Waals surface area (Å²) in [7, 11) is -3.13. The van der Waals surface area contributed by atoms with Crippen LogP contribution in [0.2, 0.25) is 10.0 Å². The highest BCUT2D eigenvalue weighted by atomic mass is 35.5. The lowest BCUT2D eigenvalue weighted by atomic mass is 10.1. The molecular weight excluding hydrogens is 351 g/mol. The van der Waals surface area contributed by atoms with Crippen LogP contribution in [0.25, 0.3) is 0 Å². The molecule has 1 saturated heterocycles. The summed E-state index contributed by atoms with van der Waals surface area (Å²) in [5.41, 5.74) is 0.344. The Kier molecular flexibility index (Phi) is 5.31. The van der Waals surface area contributed by atoms with E-state index in [1.54, 1.807) is 12.1 Å². The van der Waals surface area contributed by atoms with E-state index in [0.717, 1.165) is 0 Å². The zero-order valence-electron chi connectivity index (χ0n) is 11.4. The van der Waals surface area contributed by atoms with Crippen LogP contribution in [0, 0.1) is 5.92 Å². The van der Waals surface area contributed by atoms with E-state index in [0.29, 0.717) is 15.7 Å². The lowest BCUT2D eigenvalue weighted by Gasteiger charge is -2.11. The molecule has 1 atom stereocenters. The molecular formula is C13H14Cl2N2O4S. The van der Waals surface area contributed by atoms with Gasteiger partial charge in [-0.1, -0.05) is 23.2 Å². The molecule has 1 fully saturated rings. The third kappa shape index (κ3) is 4.59.